The molecular formula is C11H15BrN2OS. The summed E-state index contributed by atoms with van der Waals surface area (Å²) in [6, 6.07) is 5.76. The van der Waals surface area contributed by atoms with E-state index in [4.69, 9.17) is 15.9 Å². The predicted molar refractivity (Wildman–Crippen MR) is 72.4 cm³/mol. The number of methoxy groups -OCH3 is 1. The van der Waals surface area contributed by atoms with Crippen molar-refractivity contribution >= 4 is 33.5 Å². The van der Waals surface area contributed by atoms with Crippen molar-refractivity contribution in [2.24, 2.45) is 5.73 Å². The Hall–Kier alpha value is -0.520. The van der Waals surface area contributed by atoms with Crippen LogP contribution in [0, 0.1) is 5.41 Å². The summed E-state index contributed by atoms with van der Waals surface area (Å²) >= 11 is 5.12. The second-order valence-corrected chi connectivity index (χ2v) is 5.30. The summed E-state index contributed by atoms with van der Waals surface area (Å²) in [6.45, 7) is 0.760. The summed E-state index contributed by atoms with van der Waals surface area (Å²) in [7, 11) is 1.70. The predicted octanol–water partition coefficient (Wildman–Crippen LogP) is 2.86. The van der Waals surface area contributed by atoms with Crippen LogP contribution in [-0.2, 0) is 4.74 Å². The van der Waals surface area contributed by atoms with E-state index in [9.17, 15) is 0 Å². The number of hydrogen-bond donors (Lipinski definition) is 2. The zero-order valence-electron chi connectivity index (χ0n) is 9.13. The molecule has 0 spiro atoms. The minimum absolute atomic E-state index is 0.113. The summed E-state index contributed by atoms with van der Waals surface area (Å²) in [5.41, 5.74) is 6.32. The molecule has 1 aromatic carbocycles. The SMILES string of the molecule is COCCCSc1cc(Br)ccc1C(=N)N. The Morgan fingerprint density at radius 2 is 2.31 bits per heavy atom. The van der Waals surface area contributed by atoms with Gasteiger partial charge < -0.3 is 10.5 Å². The highest BCUT2D eigenvalue weighted by Gasteiger charge is 2.06. The maximum atomic E-state index is 7.49. The maximum absolute atomic E-state index is 7.49. The Morgan fingerprint density at radius 3 is 2.94 bits per heavy atom. The number of hydrogen-bond acceptors (Lipinski definition) is 3. The van der Waals surface area contributed by atoms with E-state index in [1.165, 1.54) is 0 Å². The highest BCUT2D eigenvalue weighted by atomic mass is 79.9. The molecule has 0 radical (unpaired) electrons. The van der Waals surface area contributed by atoms with Gasteiger partial charge in [0.15, 0.2) is 0 Å². The fraction of sp³-hybridized carbons (Fsp3) is 0.364. The first-order chi connectivity index (χ1) is 7.65. The Balaban J connectivity index is 2.68. The Kier molecular flexibility index (Phi) is 5.87. The fourth-order valence-electron chi connectivity index (χ4n) is 1.22. The fourth-order valence-corrected chi connectivity index (χ4v) is 2.76. The Bertz CT molecular complexity index is 371. The van der Waals surface area contributed by atoms with E-state index >= 15 is 0 Å². The van der Waals surface area contributed by atoms with Gasteiger partial charge in [-0.05, 0) is 24.6 Å². The van der Waals surface area contributed by atoms with Crippen LogP contribution in [0.25, 0.3) is 0 Å². The van der Waals surface area contributed by atoms with Crippen molar-refractivity contribution in [2.45, 2.75) is 11.3 Å². The third-order valence-electron chi connectivity index (χ3n) is 1.98. The number of benzene rings is 1. The van der Waals surface area contributed by atoms with Crippen LogP contribution < -0.4 is 5.73 Å². The molecule has 0 aliphatic rings. The van der Waals surface area contributed by atoms with Crippen LogP contribution >= 0.6 is 27.7 Å². The minimum atomic E-state index is 0.113. The number of halogens is 1. The average molecular weight is 303 g/mol. The lowest BCUT2D eigenvalue weighted by Crippen LogP contribution is -2.12. The van der Waals surface area contributed by atoms with Gasteiger partial charge in [-0.2, -0.15) is 0 Å². The molecule has 0 saturated carbocycles. The second kappa shape index (κ2) is 6.93. The molecule has 16 heavy (non-hydrogen) atoms. The Morgan fingerprint density at radius 1 is 1.56 bits per heavy atom. The number of nitrogens with two attached hydrogens (primary N) is 1. The molecule has 0 saturated heterocycles. The molecule has 88 valence electrons. The van der Waals surface area contributed by atoms with Gasteiger partial charge in [-0.25, -0.2) is 0 Å². The van der Waals surface area contributed by atoms with E-state index in [0.717, 1.165) is 33.7 Å². The van der Waals surface area contributed by atoms with Crippen molar-refractivity contribution in [2.75, 3.05) is 19.5 Å². The molecule has 0 fully saturated rings. The summed E-state index contributed by atoms with van der Waals surface area (Å²) in [6.07, 6.45) is 0.991. The highest BCUT2D eigenvalue weighted by Crippen LogP contribution is 2.26. The summed E-state index contributed by atoms with van der Waals surface area (Å²) in [5, 5.41) is 7.49. The number of rotatable bonds is 6. The van der Waals surface area contributed by atoms with Gasteiger partial charge in [-0.1, -0.05) is 15.9 Å². The van der Waals surface area contributed by atoms with Crippen LogP contribution in [0.3, 0.4) is 0 Å². The number of nitrogen functional groups attached to an aromatic ring is 1. The van der Waals surface area contributed by atoms with Crippen molar-refractivity contribution in [3.05, 3.63) is 28.2 Å². The van der Waals surface area contributed by atoms with Crippen LogP contribution in [0.5, 0.6) is 0 Å². The molecule has 3 N–H and O–H groups in total. The lowest BCUT2D eigenvalue weighted by atomic mass is 10.2. The lowest BCUT2D eigenvalue weighted by Gasteiger charge is -2.08. The smallest absolute Gasteiger partial charge is 0.123 e. The van der Waals surface area contributed by atoms with Gasteiger partial charge in [0.2, 0.25) is 0 Å². The summed E-state index contributed by atoms with van der Waals surface area (Å²) in [4.78, 5) is 1.04. The standard InChI is InChI=1S/C11H15BrN2OS/c1-15-5-2-6-16-10-7-8(12)3-4-9(10)11(13)14/h3-4,7H,2,5-6H2,1H3,(H3,13,14). The van der Waals surface area contributed by atoms with E-state index in [1.54, 1.807) is 18.9 Å². The average Bonchev–Trinajstić information content (AvgIpc) is 2.24. The molecule has 0 atom stereocenters. The van der Waals surface area contributed by atoms with Gasteiger partial charge in [0.25, 0.3) is 0 Å². The molecule has 1 rings (SSSR count). The van der Waals surface area contributed by atoms with E-state index in [2.05, 4.69) is 15.9 Å². The van der Waals surface area contributed by atoms with Gasteiger partial charge in [-0.15, -0.1) is 11.8 Å². The van der Waals surface area contributed by atoms with Crippen LogP contribution in [0.15, 0.2) is 27.6 Å². The van der Waals surface area contributed by atoms with Crippen LogP contribution in [-0.4, -0.2) is 25.3 Å². The van der Waals surface area contributed by atoms with Crippen molar-refractivity contribution < 1.29 is 4.74 Å². The summed E-state index contributed by atoms with van der Waals surface area (Å²) in [5.74, 6) is 1.08. The monoisotopic (exact) mass is 302 g/mol. The maximum Gasteiger partial charge on any atom is 0.123 e. The van der Waals surface area contributed by atoms with Crippen molar-refractivity contribution in [1.82, 2.24) is 0 Å². The molecule has 0 unspecified atom stereocenters. The second-order valence-electron chi connectivity index (χ2n) is 3.25. The zero-order chi connectivity index (χ0) is 12.0. The first-order valence-electron chi connectivity index (χ1n) is 4.91. The normalized spacial score (nSPS) is 10.4. The molecule has 0 heterocycles. The van der Waals surface area contributed by atoms with Gasteiger partial charge in [-0.3, -0.25) is 5.41 Å². The van der Waals surface area contributed by atoms with E-state index < -0.39 is 0 Å². The third-order valence-corrected chi connectivity index (χ3v) is 3.62. The molecule has 0 bridgehead atoms. The zero-order valence-corrected chi connectivity index (χ0v) is 11.5. The topological polar surface area (TPSA) is 59.1 Å². The van der Waals surface area contributed by atoms with Gasteiger partial charge in [0.1, 0.15) is 5.84 Å². The van der Waals surface area contributed by atoms with Gasteiger partial charge in [0.05, 0.1) is 0 Å². The Labute approximate surface area is 108 Å². The van der Waals surface area contributed by atoms with Gasteiger partial charge in [0, 0.05) is 34.4 Å². The van der Waals surface area contributed by atoms with Crippen molar-refractivity contribution in [3.63, 3.8) is 0 Å². The van der Waals surface area contributed by atoms with Crippen LogP contribution in [0.1, 0.15) is 12.0 Å². The lowest BCUT2D eigenvalue weighted by molar-refractivity contribution is 0.200. The quantitative estimate of drug-likeness (QED) is 0.368. The third kappa shape index (κ3) is 4.15. The molecule has 3 nitrogen and oxygen atoms in total. The number of ether oxygens (including phenoxy) is 1. The van der Waals surface area contributed by atoms with E-state index in [0.29, 0.717) is 0 Å². The van der Waals surface area contributed by atoms with Crippen molar-refractivity contribution in [1.29, 1.82) is 5.41 Å². The number of thioether (sulfide) groups is 1. The largest absolute Gasteiger partial charge is 0.385 e. The first kappa shape index (κ1) is 13.5. The van der Waals surface area contributed by atoms with E-state index in [1.807, 2.05) is 18.2 Å². The molecule has 5 heteroatoms. The number of amidine groups is 1. The summed E-state index contributed by atoms with van der Waals surface area (Å²) < 4.78 is 6.00. The van der Waals surface area contributed by atoms with Crippen LogP contribution in [0.2, 0.25) is 0 Å². The molecule has 0 amide bonds. The highest BCUT2D eigenvalue weighted by molar-refractivity contribution is 9.10. The first-order valence-corrected chi connectivity index (χ1v) is 6.68. The number of nitrogens with one attached hydrogen (secondary N) is 1. The molecule has 1 aromatic rings. The molecule has 0 aromatic heterocycles. The van der Waals surface area contributed by atoms with Crippen molar-refractivity contribution in [3.8, 4) is 0 Å². The molecular weight excluding hydrogens is 288 g/mol. The molecule has 0 aliphatic heterocycles. The van der Waals surface area contributed by atoms with Crippen LogP contribution in [0.4, 0.5) is 0 Å². The molecule has 0 aliphatic carbocycles. The van der Waals surface area contributed by atoms with Gasteiger partial charge >= 0.3 is 0 Å². The van der Waals surface area contributed by atoms with E-state index in [-0.39, 0.29) is 5.84 Å². The minimum Gasteiger partial charge on any atom is -0.385 e.